The van der Waals surface area contributed by atoms with Crippen LogP contribution in [0.4, 0.5) is 17.3 Å². The molecule has 5 rings (SSSR count). The molecular weight excluding hydrogens is 410 g/mol. The number of carboxylic acid groups (broad SMARTS) is 1. The van der Waals surface area contributed by atoms with E-state index in [4.69, 9.17) is 0 Å². The molecular formula is C23H21N5O4. The highest BCUT2D eigenvalue weighted by Crippen LogP contribution is 2.34. The molecule has 0 fully saturated rings. The van der Waals surface area contributed by atoms with Gasteiger partial charge < -0.3 is 20.2 Å². The van der Waals surface area contributed by atoms with Gasteiger partial charge in [0.15, 0.2) is 5.82 Å². The molecule has 0 atom stereocenters. The highest BCUT2D eigenvalue weighted by Gasteiger charge is 2.27. The van der Waals surface area contributed by atoms with E-state index in [9.17, 15) is 19.5 Å². The molecule has 2 N–H and O–H groups in total. The number of aromatic carboxylic acids is 1. The van der Waals surface area contributed by atoms with E-state index in [0.29, 0.717) is 18.9 Å². The average Bonchev–Trinajstić information content (AvgIpc) is 3.36. The van der Waals surface area contributed by atoms with Crippen LogP contribution in [0.5, 0.6) is 0 Å². The lowest BCUT2D eigenvalue weighted by molar-refractivity contribution is 0.0691. The van der Waals surface area contributed by atoms with Crippen LogP contribution in [0.1, 0.15) is 36.6 Å². The Bertz CT molecular complexity index is 1270. The molecule has 2 aromatic carbocycles. The van der Waals surface area contributed by atoms with Crippen molar-refractivity contribution in [3.05, 3.63) is 70.8 Å². The van der Waals surface area contributed by atoms with Gasteiger partial charge in [0.1, 0.15) is 5.82 Å². The molecule has 0 radical (unpaired) electrons. The zero-order valence-corrected chi connectivity index (χ0v) is 17.4. The maximum absolute atomic E-state index is 12.7. The number of aromatic nitrogens is 2. The number of rotatable bonds is 4. The van der Waals surface area contributed by atoms with Crippen LogP contribution < -0.4 is 10.2 Å². The van der Waals surface area contributed by atoms with Gasteiger partial charge in [0.2, 0.25) is 0 Å². The van der Waals surface area contributed by atoms with Gasteiger partial charge >= 0.3 is 5.97 Å². The van der Waals surface area contributed by atoms with Gasteiger partial charge in [-0.2, -0.15) is 5.10 Å². The summed E-state index contributed by atoms with van der Waals surface area (Å²) in [5, 5.41) is 16.5. The van der Waals surface area contributed by atoms with E-state index in [-0.39, 0.29) is 17.0 Å². The third kappa shape index (κ3) is 3.27. The van der Waals surface area contributed by atoms with E-state index in [0.717, 1.165) is 35.6 Å². The van der Waals surface area contributed by atoms with Gasteiger partial charge in [0, 0.05) is 37.5 Å². The molecule has 1 aromatic heterocycles. The highest BCUT2D eigenvalue weighted by molar-refractivity contribution is 6.10. The summed E-state index contributed by atoms with van der Waals surface area (Å²) in [5.74, 6) is -0.472. The first kappa shape index (κ1) is 19.8. The largest absolute Gasteiger partial charge is 0.478 e. The van der Waals surface area contributed by atoms with E-state index in [2.05, 4.69) is 15.3 Å². The molecule has 3 aromatic rings. The monoisotopic (exact) mass is 431 g/mol. The number of fused-ring (bicyclic) bond motifs is 2. The Balaban J connectivity index is 1.39. The quantitative estimate of drug-likeness (QED) is 0.658. The van der Waals surface area contributed by atoms with Crippen molar-refractivity contribution in [2.45, 2.75) is 13.0 Å². The molecule has 0 bridgehead atoms. The third-order valence-corrected chi connectivity index (χ3v) is 5.91. The predicted molar refractivity (Wildman–Crippen MR) is 118 cm³/mol. The van der Waals surface area contributed by atoms with Gasteiger partial charge in [-0.1, -0.05) is 12.1 Å². The molecule has 3 heterocycles. The number of hydrogen-bond acceptors (Lipinski definition) is 5. The zero-order chi connectivity index (χ0) is 22.4. The number of hydrogen-bond donors (Lipinski definition) is 2. The Morgan fingerprint density at radius 1 is 1.03 bits per heavy atom. The van der Waals surface area contributed by atoms with Crippen molar-refractivity contribution in [1.29, 1.82) is 0 Å². The molecule has 0 saturated heterocycles. The van der Waals surface area contributed by atoms with Crippen LogP contribution in [-0.4, -0.2) is 57.7 Å². The summed E-state index contributed by atoms with van der Waals surface area (Å²) in [6.45, 7) is 2.07. The Kier molecular flexibility index (Phi) is 4.66. The second kappa shape index (κ2) is 7.52. The Morgan fingerprint density at radius 2 is 1.81 bits per heavy atom. The summed E-state index contributed by atoms with van der Waals surface area (Å²) in [7, 11) is 1.81. The molecule has 0 spiro atoms. The van der Waals surface area contributed by atoms with E-state index < -0.39 is 11.9 Å². The van der Waals surface area contributed by atoms with Gasteiger partial charge in [-0.15, -0.1) is 0 Å². The van der Waals surface area contributed by atoms with Crippen LogP contribution in [-0.2, 0) is 13.0 Å². The average molecular weight is 431 g/mol. The maximum Gasteiger partial charge on any atom is 0.336 e. The van der Waals surface area contributed by atoms with E-state index in [1.54, 1.807) is 27.8 Å². The molecule has 0 saturated carbocycles. The summed E-state index contributed by atoms with van der Waals surface area (Å²) in [6.07, 6.45) is 0.808. The molecule has 9 nitrogen and oxygen atoms in total. The fraction of sp³-hybridized carbons (Fsp3) is 0.217. The molecule has 2 amide bonds. The summed E-state index contributed by atoms with van der Waals surface area (Å²) >= 11 is 0. The number of nitrogens with zero attached hydrogens (tertiary/aromatic N) is 4. The first-order chi connectivity index (χ1) is 15.4. The van der Waals surface area contributed by atoms with Gasteiger partial charge in [-0.25, -0.2) is 9.48 Å². The van der Waals surface area contributed by atoms with E-state index in [1.165, 1.54) is 12.1 Å². The van der Waals surface area contributed by atoms with Gasteiger partial charge in [0.25, 0.3) is 11.8 Å². The fourth-order valence-corrected chi connectivity index (χ4v) is 4.23. The Morgan fingerprint density at radius 3 is 2.59 bits per heavy atom. The summed E-state index contributed by atoms with van der Waals surface area (Å²) in [4.78, 5) is 40.2. The summed E-state index contributed by atoms with van der Waals surface area (Å²) in [6, 6.07) is 13.7. The van der Waals surface area contributed by atoms with Crippen LogP contribution in [0.25, 0.3) is 0 Å². The lowest BCUT2D eigenvalue weighted by atomic mass is 9.98. The number of carbonyl (C=O) groups excluding carboxylic acids is 2. The normalized spacial score (nSPS) is 14.8. The lowest BCUT2D eigenvalue weighted by Gasteiger charge is -2.26. The number of anilines is 3. The van der Waals surface area contributed by atoms with Crippen LogP contribution in [0.3, 0.4) is 0 Å². The molecule has 9 heteroatoms. The number of amides is 2. The number of carboxylic acids is 1. The molecule has 2 aliphatic heterocycles. The Labute approximate surface area is 183 Å². The smallest absolute Gasteiger partial charge is 0.336 e. The first-order valence-corrected chi connectivity index (χ1v) is 10.3. The third-order valence-electron chi connectivity index (χ3n) is 5.91. The number of benzene rings is 2. The van der Waals surface area contributed by atoms with Crippen molar-refractivity contribution in [3.8, 4) is 0 Å². The maximum atomic E-state index is 12.7. The second-order valence-electron chi connectivity index (χ2n) is 7.89. The van der Waals surface area contributed by atoms with Crippen LogP contribution in [0, 0.1) is 0 Å². The molecule has 32 heavy (non-hydrogen) atoms. The van der Waals surface area contributed by atoms with Gasteiger partial charge in [-0.05, 0) is 42.3 Å². The Hall–Kier alpha value is -4.14. The van der Waals surface area contributed by atoms with Crippen molar-refractivity contribution < 1.29 is 19.5 Å². The number of carbonyl (C=O) groups is 3. The van der Waals surface area contributed by atoms with Crippen molar-refractivity contribution in [3.63, 3.8) is 0 Å². The molecule has 0 aliphatic carbocycles. The topological polar surface area (TPSA) is 108 Å². The SMILES string of the molecule is CN1CCc2cc(N3CCn4nc(NC(=O)c5ccccc5C(=O)O)cc43)ccc2C1=O. The minimum atomic E-state index is -1.16. The standard InChI is InChI=1S/C23H21N5O4/c1-26-9-8-14-12-15(6-7-16(14)22(26)30)27-10-11-28-20(27)13-19(25-28)24-21(29)17-4-2-3-5-18(17)23(31)32/h2-7,12-13H,8-11H2,1H3,(H,31,32)(H,24,25,29). The van der Waals surface area contributed by atoms with Crippen LogP contribution in [0.2, 0.25) is 0 Å². The molecule has 2 aliphatic rings. The van der Waals surface area contributed by atoms with Crippen molar-refractivity contribution in [2.24, 2.45) is 0 Å². The summed E-state index contributed by atoms with van der Waals surface area (Å²) in [5.41, 5.74) is 2.75. The predicted octanol–water partition coefficient (Wildman–Crippen LogP) is 2.61. The number of nitrogens with one attached hydrogen (secondary N) is 1. The lowest BCUT2D eigenvalue weighted by Crippen LogP contribution is -2.34. The zero-order valence-electron chi connectivity index (χ0n) is 17.4. The summed E-state index contributed by atoms with van der Waals surface area (Å²) < 4.78 is 1.80. The van der Waals surface area contributed by atoms with Gasteiger partial charge in [0.05, 0.1) is 17.7 Å². The van der Waals surface area contributed by atoms with Crippen molar-refractivity contribution in [1.82, 2.24) is 14.7 Å². The van der Waals surface area contributed by atoms with E-state index in [1.807, 2.05) is 25.2 Å². The molecule has 162 valence electrons. The fourth-order valence-electron chi connectivity index (χ4n) is 4.23. The minimum absolute atomic E-state index is 0.0379. The second-order valence-corrected chi connectivity index (χ2v) is 7.89. The van der Waals surface area contributed by atoms with Crippen LogP contribution >= 0.6 is 0 Å². The van der Waals surface area contributed by atoms with Crippen LogP contribution in [0.15, 0.2) is 48.5 Å². The van der Waals surface area contributed by atoms with E-state index >= 15 is 0 Å². The van der Waals surface area contributed by atoms with Crippen molar-refractivity contribution >= 4 is 35.1 Å². The molecule has 0 unspecified atom stereocenters. The van der Waals surface area contributed by atoms with Gasteiger partial charge in [-0.3, -0.25) is 9.59 Å². The first-order valence-electron chi connectivity index (χ1n) is 10.3. The van der Waals surface area contributed by atoms with Crippen molar-refractivity contribution in [2.75, 3.05) is 30.4 Å². The number of likely N-dealkylation sites (N-methyl/N-ethyl adjacent to an activating group) is 1. The minimum Gasteiger partial charge on any atom is -0.478 e. The highest BCUT2D eigenvalue weighted by atomic mass is 16.4.